The van der Waals surface area contributed by atoms with E-state index >= 15 is 0 Å². The van der Waals surface area contributed by atoms with E-state index in [-0.39, 0.29) is 30.2 Å². The smallest absolute Gasteiger partial charge is 0.292 e. The van der Waals surface area contributed by atoms with Gasteiger partial charge in [-0.1, -0.05) is 55.0 Å². The van der Waals surface area contributed by atoms with Gasteiger partial charge < -0.3 is 0 Å². The van der Waals surface area contributed by atoms with Gasteiger partial charge in [0, 0.05) is 5.56 Å². The van der Waals surface area contributed by atoms with Crippen LogP contribution in [-0.2, 0) is 19.5 Å². The minimum atomic E-state index is -0.438. The maximum absolute atomic E-state index is 13.3. The number of Topliss-reactive ketones (excluding diaryl/α,β-unsaturated/α-hetero) is 1. The zero-order valence-electron chi connectivity index (χ0n) is 19.2. The van der Waals surface area contributed by atoms with Crippen LogP contribution in [0.1, 0.15) is 39.5 Å². The molecule has 0 atom stereocenters. The van der Waals surface area contributed by atoms with Crippen LogP contribution in [-0.4, -0.2) is 24.5 Å². The molecular weight excluding hydrogens is 448 g/mol. The number of aryl methyl sites for hydroxylation is 3. The van der Waals surface area contributed by atoms with Crippen LogP contribution in [0.15, 0.2) is 63.5 Å². The van der Waals surface area contributed by atoms with Crippen molar-refractivity contribution in [1.82, 2.24) is 18.7 Å². The van der Waals surface area contributed by atoms with Gasteiger partial charge >= 0.3 is 5.69 Å². The highest BCUT2D eigenvalue weighted by Crippen LogP contribution is 2.18. The third-order valence-corrected chi connectivity index (χ3v) is 7.03. The number of aromatic nitrogens is 4. The zero-order chi connectivity index (χ0) is 24.0. The lowest BCUT2D eigenvalue weighted by atomic mass is 10.0. The second-order valence-corrected chi connectivity index (χ2v) is 9.43. The Morgan fingerprint density at radius 3 is 2.44 bits per heavy atom. The molecule has 2 aromatic carbocycles. The van der Waals surface area contributed by atoms with Crippen molar-refractivity contribution in [2.24, 2.45) is 0 Å². The molecule has 0 N–H and O–H groups in total. The molecule has 3 heterocycles. The van der Waals surface area contributed by atoms with E-state index < -0.39 is 5.69 Å². The third-order valence-electron chi connectivity index (χ3n) is 6.14. The van der Waals surface area contributed by atoms with Crippen molar-refractivity contribution in [2.75, 3.05) is 0 Å². The van der Waals surface area contributed by atoms with Gasteiger partial charge in [-0.3, -0.25) is 14.2 Å². The number of thiophene rings is 1. The van der Waals surface area contributed by atoms with Gasteiger partial charge in [0.1, 0.15) is 11.2 Å². The molecule has 0 fully saturated rings. The highest BCUT2D eigenvalue weighted by atomic mass is 32.1. The average Bonchev–Trinajstić information content (AvgIpc) is 3.42. The lowest BCUT2D eigenvalue weighted by molar-refractivity contribution is 0.0965. The molecule has 8 heteroatoms. The first-order chi connectivity index (χ1) is 16.4. The topological polar surface area (TPSA) is 78.4 Å². The Kier molecular flexibility index (Phi) is 5.53. The molecule has 0 aliphatic carbocycles. The Bertz CT molecular complexity index is 1670. The number of benzene rings is 2. The lowest BCUT2D eigenvalue weighted by Crippen LogP contribution is -2.27. The predicted molar refractivity (Wildman–Crippen MR) is 134 cm³/mol. The maximum Gasteiger partial charge on any atom is 0.352 e. The molecule has 0 spiro atoms. The van der Waals surface area contributed by atoms with Gasteiger partial charge in [0.15, 0.2) is 5.78 Å². The Balaban J connectivity index is 1.63. The van der Waals surface area contributed by atoms with Crippen LogP contribution in [0, 0.1) is 13.8 Å². The van der Waals surface area contributed by atoms with Gasteiger partial charge in [0.25, 0.3) is 5.56 Å². The minimum Gasteiger partial charge on any atom is -0.292 e. The van der Waals surface area contributed by atoms with Gasteiger partial charge in [-0.05, 0) is 48.4 Å². The zero-order valence-corrected chi connectivity index (χ0v) is 20.1. The van der Waals surface area contributed by atoms with Crippen molar-refractivity contribution in [3.63, 3.8) is 0 Å². The first-order valence-corrected chi connectivity index (χ1v) is 12.0. The third kappa shape index (κ3) is 3.70. The molecule has 3 aromatic heterocycles. The van der Waals surface area contributed by atoms with Gasteiger partial charge in [0.05, 0.1) is 12.1 Å². The quantitative estimate of drug-likeness (QED) is 0.350. The van der Waals surface area contributed by atoms with Crippen LogP contribution >= 0.6 is 11.3 Å². The van der Waals surface area contributed by atoms with E-state index in [1.54, 1.807) is 17.5 Å². The van der Waals surface area contributed by atoms with Crippen LogP contribution in [0.5, 0.6) is 0 Å². The summed E-state index contributed by atoms with van der Waals surface area (Å²) in [5.74, 6) is 0.0301. The molecule has 34 heavy (non-hydrogen) atoms. The van der Waals surface area contributed by atoms with Gasteiger partial charge in [-0.2, -0.15) is 0 Å². The number of carbonyl (C=O) groups is 1. The molecule has 0 aliphatic rings. The Hall–Kier alpha value is -3.78. The summed E-state index contributed by atoms with van der Waals surface area (Å²) in [6.07, 6.45) is 0.930. The van der Waals surface area contributed by atoms with Gasteiger partial charge in [-0.15, -0.1) is 16.4 Å². The Labute approximate surface area is 199 Å². The first-order valence-electron chi connectivity index (χ1n) is 11.1. The number of hydrogen-bond acceptors (Lipinski definition) is 5. The Morgan fingerprint density at radius 1 is 1.00 bits per heavy atom. The van der Waals surface area contributed by atoms with Crippen molar-refractivity contribution in [3.8, 4) is 0 Å². The molecule has 0 amide bonds. The number of nitrogens with zero attached hydrogens (tertiary/aromatic N) is 4. The van der Waals surface area contributed by atoms with E-state index in [0.717, 1.165) is 27.8 Å². The number of carbonyl (C=O) groups excluding carboxylic acids is 1. The summed E-state index contributed by atoms with van der Waals surface area (Å²) in [5, 5.41) is 6.25. The summed E-state index contributed by atoms with van der Waals surface area (Å²) < 4.78 is 4.59. The molecule has 0 unspecified atom stereocenters. The van der Waals surface area contributed by atoms with Crippen molar-refractivity contribution in [2.45, 2.75) is 40.3 Å². The second-order valence-electron chi connectivity index (χ2n) is 8.51. The summed E-state index contributed by atoms with van der Waals surface area (Å²) in [6, 6.07) is 15.4. The van der Waals surface area contributed by atoms with Crippen molar-refractivity contribution < 1.29 is 4.79 Å². The summed E-state index contributed by atoms with van der Waals surface area (Å²) in [5.41, 5.74) is 4.50. The van der Waals surface area contributed by atoms with Crippen molar-refractivity contribution in [3.05, 3.63) is 103 Å². The van der Waals surface area contributed by atoms with Crippen LogP contribution < -0.4 is 11.2 Å². The largest absolute Gasteiger partial charge is 0.352 e. The molecule has 5 rings (SSSR count). The van der Waals surface area contributed by atoms with E-state index in [2.05, 4.69) is 12.0 Å². The standard InChI is InChI=1S/C26H24N4O3S/c1-4-18-6-8-19(9-7-18)14-28-24(32)23-21(11-12-34-23)30-25(28)27-29(26(30)33)15-22(31)20-10-5-16(2)13-17(20)3/h5-13H,4,14-15H2,1-3H3. The fourth-order valence-corrected chi connectivity index (χ4v) is 5.11. The minimum absolute atomic E-state index is 0.199. The summed E-state index contributed by atoms with van der Waals surface area (Å²) in [7, 11) is 0. The highest BCUT2D eigenvalue weighted by molar-refractivity contribution is 7.17. The number of ketones is 1. The Morgan fingerprint density at radius 2 is 1.74 bits per heavy atom. The van der Waals surface area contributed by atoms with Crippen molar-refractivity contribution in [1.29, 1.82) is 0 Å². The summed E-state index contributed by atoms with van der Waals surface area (Å²) in [6.45, 7) is 6.02. The van der Waals surface area contributed by atoms with Gasteiger partial charge in [-0.25, -0.2) is 13.9 Å². The molecule has 0 saturated heterocycles. The summed E-state index contributed by atoms with van der Waals surface area (Å²) in [4.78, 5) is 39.7. The van der Waals surface area contributed by atoms with E-state index in [1.807, 2.05) is 50.2 Å². The molecule has 0 aliphatic heterocycles. The van der Waals surface area contributed by atoms with Crippen LogP contribution in [0.25, 0.3) is 16.0 Å². The molecule has 7 nitrogen and oxygen atoms in total. The summed E-state index contributed by atoms with van der Waals surface area (Å²) >= 11 is 1.29. The molecule has 0 saturated carbocycles. The first kappa shape index (κ1) is 22.0. The normalized spacial score (nSPS) is 11.5. The average molecular weight is 473 g/mol. The number of rotatable bonds is 6. The van der Waals surface area contributed by atoms with Crippen LogP contribution in [0.4, 0.5) is 0 Å². The van der Waals surface area contributed by atoms with E-state index in [1.165, 1.54) is 25.9 Å². The maximum atomic E-state index is 13.3. The van der Waals surface area contributed by atoms with E-state index in [4.69, 9.17) is 0 Å². The highest BCUT2D eigenvalue weighted by Gasteiger charge is 2.20. The van der Waals surface area contributed by atoms with Crippen molar-refractivity contribution >= 4 is 33.1 Å². The van der Waals surface area contributed by atoms with Crippen LogP contribution in [0.3, 0.4) is 0 Å². The molecule has 0 bridgehead atoms. The fraction of sp³-hybridized carbons (Fsp3) is 0.231. The molecular formula is C26H24N4O3S. The monoisotopic (exact) mass is 472 g/mol. The molecule has 0 radical (unpaired) electrons. The van der Waals surface area contributed by atoms with Crippen LogP contribution in [0.2, 0.25) is 0 Å². The van der Waals surface area contributed by atoms with E-state index in [9.17, 15) is 14.4 Å². The predicted octanol–water partition coefficient (Wildman–Crippen LogP) is 3.98. The fourth-order valence-electron chi connectivity index (χ4n) is 4.29. The SMILES string of the molecule is CCc1ccc(Cn2c(=O)c3sccc3n3c(=O)n(CC(=O)c4ccc(C)cc4C)nc23)cc1. The number of fused-ring (bicyclic) bond motifs is 3. The lowest BCUT2D eigenvalue weighted by Gasteiger charge is -2.08. The second kappa shape index (κ2) is 8.53. The molecule has 5 aromatic rings. The number of hydrogen-bond donors (Lipinski definition) is 0. The van der Waals surface area contributed by atoms with E-state index in [0.29, 0.717) is 15.8 Å². The molecule has 172 valence electrons. The van der Waals surface area contributed by atoms with Gasteiger partial charge in [0.2, 0.25) is 5.78 Å².